The number of aromatic nitrogens is 2. The first-order chi connectivity index (χ1) is 21.5. The Morgan fingerprint density at radius 2 is 2.00 bits per heavy atom. The van der Waals surface area contributed by atoms with Crippen LogP contribution in [0.2, 0.25) is 0 Å². The van der Waals surface area contributed by atoms with Gasteiger partial charge in [-0.15, -0.1) is 0 Å². The molecule has 15 heteroatoms. The monoisotopic (exact) mass is 641 g/mol. The molecular weight excluding hydrogens is 608 g/mol. The Kier molecular flexibility index (Phi) is 7.89. The van der Waals surface area contributed by atoms with Crippen LogP contribution in [0.5, 0.6) is 0 Å². The molecule has 2 fully saturated rings. The second-order valence-corrected chi connectivity index (χ2v) is 12.3. The molecule has 6 N–H and O–H groups in total. The number of allylic oxidation sites excluding steroid dienone is 1. The number of ether oxygens (including phenoxy) is 1. The average Bonchev–Trinajstić information content (AvgIpc) is 3.79. The number of alkyl halides is 2. The van der Waals surface area contributed by atoms with E-state index in [4.69, 9.17) is 27.9 Å². The topological polar surface area (TPSA) is 165 Å². The maximum atomic E-state index is 14.1. The number of alkyl carbamates (subject to hydrolysis) is 1. The van der Waals surface area contributed by atoms with E-state index >= 15 is 0 Å². The minimum atomic E-state index is -2.75. The standard InChI is InChI=1S/C30H34ClF2N9O3/c1-3-36-24(40-35)20-12-19(8-9-21(20)31)30(13-22(30)45-28(44)39-29(2)10-11-29)42-25(43)23(38-27(42)34)17-6-4-16(5-7-17)18-14-37-41(15-18)26(32)33/h4-7,9,12,14-15,19,22-23,26H,3,8,10-11,13,35H2,1-2H3,(H2,34,38)(H,36,40)(H,39,44)/t19?,22-,23+,30?/m0/s1. The Hall–Kier alpha value is -4.30. The van der Waals surface area contributed by atoms with Crippen LogP contribution >= 0.6 is 11.6 Å². The summed E-state index contributed by atoms with van der Waals surface area (Å²) in [7, 11) is 0. The average molecular weight is 642 g/mol. The van der Waals surface area contributed by atoms with Gasteiger partial charge in [0.2, 0.25) is 0 Å². The number of hydrogen-bond donors (Lipinski definition) is 4. The van der Waals surface area contributed by atoms with Crippen LogP contribution in [0.25, 0.3) is 11.1 Å². The molecule has 0 spiro atoms. The first kappa shape index (κ1) is 30.7. The summed E-state index contributed by atoms with van der Waals surface area (Å²) < 4.78 is 32.5. The maximum absolute atomic E-state index is 14.1. The maximum Gasteiger partial charge on any atom is 0.407 e. The lowest BCUT2D eigenvalue weighted by atomic mass is 9.85. The highest BCUT2D eigenvalue weighted by atomic mass is 35.5. The zero-order valence-electron chi connectivity index (χ0n) is 24.7. The van der Waals surface area contributed by atoms with Crippen molar-refractivity contribution in [3.63, 3.8) is 0 Å². The molecule has 2 aromatic rings. The summed E-state index contributed by atoms with van der Waals surface area (Å²) in [6.45, 7) is 1.52. The van der Waals surface area contributed by atoms with Crippen LogP contribution in [0.1, 0.15) is 57.7 Å². The molecule has 2 saturated carbocycles. The number of rotatable bonds is 9. The largest absolute Gasteiger partial charge is 0.444 e. The van der Waals surface area contributed by atoms with E-state index in [1.165, 1.54) is 17.3 Å². The van der Waals surface area contributed by atoms with Gasteiger partial charge in [-0.3, -0.25) is 14.7 Å². The van der Waals surface area contributed by atoms with E-state index in [0.29, 0.717) is 57.2 Å². The molecule has 238 valence electrons. The van der Waals surface area contributed by atoms with E-state index in [9.17, 15) is 18.4 Å². The van der Waals surface area contributed by atoms with Crippen molar-refractivity contribution in [2.75, 3.05) is 6.54 Å². The SMILES string of the molecule is CCN=C(NN)C1=CC(C2(N3C(=O)[C@@H](c4ccc(-c5cnn(C(F)F)c5)cc4)N=C3N)C[C@@H]2OC(=O)NC2(C)CC2)CC=C1Cl. The second kappa shape index (κ2) is 11.6. The van der Waals surface area contributed by atoms with Gasteiger partial charge >= 0.3 is 12.6 Å². The molecule has 1 aromatic heterocycles. The third-order valence-corrected chi connectivity index (χ3v) is 9.17. The van der Waals surface area contributed by atoms with Gasteiger partial charge in [-0.05, 0) is 44.2 Å². The number of benzene rings is 1. The van der Waals surface area contributed by atoms with Gasteiger partial charge in [0.15, 0.2) is 12.0 Å². The van der Waals surface area contributed by atoms with Gasteiger partial charge in [0.05, 0.1) is 11.7 Å². The van der Waals surface area contributed by atoms with Crippen LogP contribution in [-0.2, 0) is 9.53 Å². The van der Waals surface area contributed by atoms with Crippen molar-refractivity contribution in [2.45, 2.75) is 69.3 Å². The quantitative estimate of drug-likeness (QED) is 0.140. The van der Waals surface area contributed by atoms with Crippen molar-refractivity contribution in [1.29, 1.82) is 0 Å². The predicted octanol–water partition coefficient (Wildman–Crippen LogP) is 3.88. The number of nitrogens with zero attached hydrogens (tertiary/aromatic N) is 5. The first-order valence-electron chi connectivity index (χ1n) is 14.7. The molecule has 3 aliphatic carbocycles. The van der Waals surface area contributed by atoms with Gasteiger partial charge in [0.25, 0.3) is 5.91 Å². The number of carbonyl (C=O) groups is 2. The number of carbonyl (C=O) groups excluding carboxylic acids is 2. The molecule has 1 aliphatic heterocycles. The number of amidine groups is 1. The minimum absolute atomic E-state index is 0.00273. The number of hydrazine groups is 1. The number of aliphatic imine (C=N–C) groups is 2. The fourth-order valence-corrected chi connectivity index (χ4v) is 6.30. The Morgan fingerprint density at radius 3 is 2.62 bits per heavy atom. The van der Waals surface area contributed by atoms with Gasteiger partial charge in [-0.1, -0.05) is 48.0 Å². The van der Waals surface area contributed by atoms with Gasteiger partial charge < -0.3 is 21.2 Å². The molecule has 6 rings (SSSR count). The Morgan fingerprint density at radius 1 is 1.27 bits per heavy atom. The molecular formula is C30H34ClF2N9O3. The second-order valence-electron chi connectivity index (χ2n) is 11.9. The molecule has 0 bridgehead atoms. The Balaban J connectivity index is 1.30. The van der Waals surface area contributed by atoms with Gasteiger partial charge in [-0.2, -0.15) is 13.9 Å². The van der Waals surface area contributed by atoms with E-state index in [1.807, 2.05) is 26.0 Å². The van der Waals surface area contributed by atoms with Crippen LogP contribution in [0.3, 0.4) is 0 Å². The highest BCUT2D eigenvalue weighted by Gasteiger charge is 2.69. The van der Waals surface area contributed by atoms with Crippen LogP contribution in [0, 0.1) is 5.92 Å². The van der Waals surface area contributed by atoms with E-state index in [0.717, 1.165) is 12.8 Å². The molecule has 2 unspecified atom stereocenters. The summed E-state index contributed by atoms with van der Waals surface area (Å²) in [6, 6.07) is 5.88. The minimum Gasteiger partial charge on any atom is -0.444 e. The molecule has 45 heavy (non-hydrogen) atoms. The molecule has 2 amide bonds. The summed E-state index contributed by atoms with van der Waals surface area (Å²) in [5.41, 5.74) is 10.0. The molecule has 12 nitrogen and oxygen atoms in total. The van der Waals surface area contributed by atoms with Crippen molar-refractivity contribution in [3.05, 3.63) is 65.0 Å². The van der Waals surface area contributed by atoms with Crippen LogP contribution in [-0.4, -0.2) is 62.2 Å². The predicted molar refractivity (Wildman–Crippen MR) is 164 cm³/mol. The summed E-state index contributed by atoms with van der Waals surface area (Å²) in [4.78, 5) is 37.4. The molecule has 0 radical (unpaired) electrons. The van der Waals surface area contributed by atoms with E-state index in [1.54, 1.807) is 24.3 Å². The summed E-state index contributed by atoms with van der Waals surface area (Å²) >= 11 is 6.57. The van der Waals surface area contributed by atoms with E-state index < -0.39 is 30.3 Å². The van der Waals surface area contributed by atoms with Crippen LogP contribution in [0.15, 0.2) is 69.4 Å². The third-order valence-electron chi connectivity index (χ3n) is 8.81. The number of halogens is 3. The first-order valence-corrected chi connectivity index (χ1v) is 15.1. The number of amides is 2. The summed E-state index contributed by atoms with van der Waals surface area (Å²) in [6.07, 6.45) is 7.57. The number of nitrogens with two attached hydrogens (primary N) is 2. The highest BCUT2D eigenvalue weighted by Crippen LogP contribution is 2.55. The van der Waals surface area contributed by atoms with Gasteiger partial charge in [-0.25, -0.2) is 20.3 Å². The third kappa shape index (κ3) is 5.68. The molecule has 2 heterocycles. The van der Waals surface area contributed by atoms with Crippen molar-refractivity contribution in [2.24, 2.45) is 27.5 Å². The zero-order chi connectivity index (χ0) is 32.1. The Bertz CT molecular complexity index is 1630. The lowest BCUT2D eigenvalue weighted by molar-refractivity contribution is -0.131. The molecule has 4 aliphatic rings. The highest BCUT2D eigenvalue weighted by molar-refractivity contribution is 6.35. The summed E-state index contributed by atoms with van der Waals surface area (Å²) in [5, 5.41) is 7.04. The smallest absolute Gasteiger partial charge is 0.407 e. The van der Waals surface area contributed by atoms with Crippen molar-refractivity contribution >= 4 is 35.4 Å². The number of hydrogen-bond acceptors (Lipinski definition) is 8. The zero-order valence-corrected chi connectivity index (χ0v) is 25.5. The lowest BCUT2D eigenvalue weighted by Crippen LogP contribution is -2.53. The van der Waals surface area contributed by atoms with E-state index in [-0.39, 0.29) is 23.3 Å². The van der Waals surface area contributed by atoms with Crippen molar-refractivity contribution in [1.82, 2.24) is 25.4 Å². The van der Waals surface area contributed by atoms with Gasteiger partial charge in [0, 0.05) is 46.8 Å². The fraction of sp³-hybridized carbons (Fsp3) is 0.433. The summed E-state index contributed by atoms with van der Waals surface area (Å²) in [5.74, 6) is 5.41. The molecule has 1 aromatic carbocycles. The van der Waals surface area contributed by atoms with Gasteiger partial charge in [0.1, 0.15) is 11.9 Å². The van der Waals surface area contributed by atoms with E-state index in [2.05, 4.69) is 25.8 Å². The van der Waals surface area contributed by atoms with Crippen molar-refractivity contribution < 1.29 is 23.1 Å². The number of guanidine groups is 1. The number of nitrogens with one attached hydrogen (secondary N) is 2. The fourth-order valence-electron chi connectivity index (χ4n) is 6.05. The van der Waals surface area contributed by atoms with Crippen LogP contribution < -0.4 is 22.3 Å². The van der Waals surface area contributed by atoms with Crippen LogP contribution in [0.4, 0.5) is 13.6 Å². The Labute approximate surface area is 263 Å². The molecule has 0 saturated heterocycles. The van der Waals surface area contributed by atoms with Crippen molar-refractivity contribution in [3.8, 4) is 11.1 Å². The lowest BCUT2D eigenvalue weighted by Gasteiger charge is -2.35. The normalized spacial score (nSPS) is 27.1. The molecule has 4 atom stereocenters.